The second kappa shape index (κ2) is 7.96. The Bertz CT molecular complexity index is 1520. The van der Waals surface area contributed by atoms with Gasteiger partial charge in [-0.05, 0) is 28.9 Å². The summed E-state index contributed by atoms with van der Waals surface area (Å²) in [6.45, 7) is 1.75. The number of nitrogens with zero attached hydrogens (tertiary/aromatic N) is 7. The van der Waals surface area contributed by atoms with Crippen LogP contribution in [0.15, 0.2) is 75.5 Å². The zero-order valence-electron chi connectivity index (χ0n) is 17.2. The lowest BCUT2D eigenvalue weighted by Crippen LogP contribution is -2.05. The first-order chi connectivity index (χ1) is 16.0. The second-order valence-electron chi connectivity index (χ2n) is 7.15. The van der Waals surface area contributed by atoms with Crippen molar-refractivity contribution in [2.75, 3.05) is 5.73 Å². The molecular formula is C22H16N8O3. The third-order valence-corrected chi connectivity index (χ3v) is 5.05. The van der Waals surface area contributed by atoms with E-state index in [1.165, 1.54) is 4.68 Å². The van der Waals surface area contributed by atoms with Crippen LogP contribution in [0.3, 0.4) is 0 Å². The number of nitrogens with two attached hydrogens (primary N) is 1. The van der Waals surface area contributed by atoms with Crippen LogP contribution < -0.4 is 5.73 Å². The molecule has 0 radical (unpaired) electrons. The van der Waals surface area contributed by atoms with Gasteiger partial charge in [0, 0.05) is 16.3 Å². The van der Waals surface area contributed by atoms with Gasteiger partial charge >= 0.3 is 5.91 Å². The third-order valence-electron chi connectivity index (χ3n) is 5.05. The fourth-order valence-electron chi connectivity index (χ4n) is 3.47. The van der Waals surface area contributed by atoms with E-state index in [2.05, 4.69) is 35.5 Å². The highest BCUT2D eigenvalue weighted by atomic mass is 16.6. The number of phenolic OH excluding ortho intramolecular Hbond substituents is 1. The van der Waals surface area contributed by atoms with Gasteiger partial charge in [0.25, 0.3) is 0 Å². The molecule has 3 N–H and O–H groups in total. The summed E-state index contributed by atoms with van der Waals surface area (Å²) in [4.78, 5) is 13.1. The number of nitrogen functional groups attached to an aromatic ring is 1. The molecule has 1 amide bonds. The average molecular weight is 440 g/mol. The van der Waals surface area contributed by atoms with Gasteiger partial charge in [0.1, 0.15) is 11.4 Å². The first-order valence-electron chi connectivity index (χ1n) is 9.81. The first-order valence-corrected chi connectivity index (χ1v) is 9.81. The number of aryl methyl sites for hydroxylation is 1. The number of hydrogen-bond acceptors (Lipinski definition) is 9. The molecule has 2 aromatic heterocycles. The van der Waals surface area contributed by atoms with Crippen LogP contribution in [0, 0.1) is 6.92 Å². The van der Waals surface area contributed by atoms with Crippen molar-refractivity contribution >= 4 is 28.2 Å². The summed E-state index contributed by atoms with van der Waals surface area (Å²) >= 11 is 0. The number of amides is 1. The normalized spacial score (nSPS) is 11.4. The number of hydrogen-bond donors (Lipinski definition) is 2. The van der Waals surface area contributed by atoms with Crippen LogP contribution in [-0.4, -0.2) is 36.3 Å². The standard InChI is InChI=1S/C22H16N8O3/c1-12-11-16(14-9-5-6-10-15(14)19(12)31)24-26-22(32)17-18(13-7-3-2-4-8-13)30(29-25-17)21-20(23)27-33-28-21/h2-11,31H,1H3,(H2,23,27). The van der Waals surface area contributed by atoms with Crippen molar-refractivity contribution in [3.8, 4) is 22.8 Å². The lowest BCUT2D eigenvalue weighted by Gasteiger charge is -2.07. The molecule has 11 heteroatoms. The smallest absolute Gasteiger partial charge is 0.318 e. The van der Waals surface area contributed by atoms with Crippen LogP contribution in [-0.2, 0) is 0 Å². The summed E-state index contributed by atoms with van der Waals surface area (Å²) in [5, 5.41) is 35.0. The monoisotopic (exact) mass is 440 g/mol. The molecule has 0 aliphatic carbocycles. The minimum Gasteiger partial charge on any atom is -0.507 e. The molecule has 2 heterocycles. The van der Waals surface area contributed by atoms with E-state index in [1.54, 1.807) is 49.4 Å². The molecule has 5 rings (SSSR count). The van der Waals surface area contributed by atoms with Crippen molar-refractivity contribution in [1.82, 2.24) is 25.3 Å². The molecule has 11 nitrogen and oxygen atoms in total. The van der Waals surface area contributed by atoms with E-state index in [9.17, 15) is 9.90 Å². The Kier molecular flexibility index (Phi) is 4.83. The van der Waals surface area contributed by atoms with Crippen LogP contribution in [0.5, 0.6) is 5.75 Å². The molecule has 162 valence electrons. The molecule has 0 aliphatic rings. The van der Waals surface area contributed by atoms with Crippen molar-refractivity contribution in [2.24, 2.45) is 10.2 Å². The molecule has 0 fully saturated rings. The minimum atomic E-state index is -0.718. The number of carbonyl (C=O) groups is 1. The maximum absolute atomic E-state index is 13.1. The quantitative estimate of drug-likeness (QED) is 0.397. The van der Waals surface area contributed by atoms with Gasteiger partial charge in [-0.15, -0.1) is 15.3 Å². The topological polar surface area (TPSA) is 158 Å². The molecule has 0 saturated carbocycles. The number of phenols is 1. The van der Waals surface area contributed by atoms with E-state index in [-0.39, 0.29) is 23.1 Å². The van der Waals surface area contributed by atoms with E-state index < -0.39 is 5.91 Å². The summed E-state index contributed by atoms with van der Waals surface area (Å²) in [7, 11) is 0. The number of aromatic nitrogens is 5. The number of azo groups is 1. The summed E-state index contributed by atoms with van der Waals surface area (Å²) in [6, 6.07) is 17.8. The number of carbonyl (C=O) groups excluding carboxylic acids is 1. The first kappa shape index (κ1) is 20.0. The Balaban J connectivity index is 1.60. The Hall–Kier alpha value is -4.93. The van der Waals surface area contributed by atoms with Crippen LogP contribution in [0.25, 0.3) is 27.8 Å². The lowest BCUT2D eigenvalue weighted by molar-refractivity contribution is 0.0991. The molecule has 0 bridgehead atoms. The van der Waals surface area contributed by atoms with Gasteiger partial charge in [-0.1, -0.05) is 59.8 Å². The highest BCUT2D eigenvalue weighted by Gasteiger charge is 2.25. The number of aromatic hydroxyl groups is 1. The van der Waals surface area contributed by atoms with Crippen LogP contribution in [0.1, 0.15) is 16.1 Å². The van der Waals surface area contributed by atoms with Gasteiger partial charge in [-0.25, -0.2) is 4.63 Å². The zero-order valence-corrected chi connectivity index (χ0v) is 17.2. The van der Waals surface area contributed by atoms with Crippen LogP contribution in [0.2, 0.25) is 0 Å². The SMILES string of the molecule is Cc1cc(N=NC(=O)c2nnn(-c3nonc3N)c2-c2ccccc2)c2ccccc2c1O. The fraction of sp³-hybridized carbons (Fsp3) is 0.0455. The summed E-state index contributed by atoms with van der Waals surface area (Å²) < 4.78 is 5.93. The zero-order chi connectivity index (χ0) is 22.9. The summed E-state index contributed by atoms with van der Waals surface area (Å²) in [5.74, 6) is -0.477. The molecule has 0 aliphatic heterocycles. The van der Waals surface area contributed by atoms with Crippen LogP contribution >= 0.6 is 0 Å². The van der Waals surface area contributed by atoms with Gasteiger partial charge < -0.3 is 10.8 Å². The van der Waals surface area contributed by atoms with Crippen molar-refractivity contribution in [1.29, 1.82) is 0 Å². The summed E-state index contributed by atoms with van der Waals surface area (Å²) in [5.41, 5.74) is 7.76. The molecular weight excluding hydrogens is 424 g/mol. The summed E-state index contributed by atoms with van der Waals surface area (Å²) in [6.07, 6.45) is 0. The number of anilines is 1. The Morgan fingerprint density at radius 1 is 1.06 bits per heavy atom. The minimum absolute atomic E-state index is 0.0104. The van der Waals surface area contributed by atoms with Gasteiger partial charge in [-0.2, -0.15) is 4.68 Å². The third kappa shape index (κ3) is 3.47. The van der Waals surface area contributed by atoms with E-state index in [0.29, 0.717) is 33.3 Å². The maximum Gasteiger partial charge on any atom is 0.318 e. The van der Waals surface area contributed by atoms with Crippen molar-refractivity contribution in [3.63, 3.8) is 0 Å². The molecule has 0 saturated heterocycles. The van der Waals surface area contributed by atoms with E-state index in [1.807, 2.05) is 18.2 Å². The lowest BCUT2D eigenvalue weighted by atomic mass is 10.0. The maximum atomic E-state index is 13.1. The van der Waals surface area contributed by atoms with E-state index in [4.69, 9.17) is 5.73 Å². The number of benzene rings is 3. The van der Waals surface area contributed by atoms with Crippen molar-refractivity contribution < 1.29 is 14.5 Å². The van der Waals surface area contributed by atoms with Gasteiger partial charge in [0.2, 0.25) is 11.6 Å². The Morgan fingerprint density at radius 3 is 2.52 bits per heavy atom. The van der Waals surface area contributed by atoms with Crippen molar-refractivity contribution in [3.05, 3.63) is 71.9 Å². The molecule has 5 aromatic rings. The van der Waals surface area contributed by atoms with Crippen LogP contribution in [0.4, 0.5) is 11.5 Å². The van der Waals surface area contributed by atoms with Gasteiger partial charge in [-0.3, -0.25) is 4.79 Å². The predicted molar refractivity (Wildman–Crippen MR) is 118 cm³/mol. The average Bonchev–Trinajstić information content (AvgIpc) is 3.47. The largest absolute Gasteiger partial charge is 0.507 e. The molecule has 33 heavy (non-hydrogen) atoms. The van der Waals surface area contributed by atoms with Crippen molar-refractivity contribution in [2.45, 2.75) is 6.92 Å². The second-order valence-corrected chi connectivity index (χ2v) is 7.15. The highest BCUT2D eigenvalue weighted by molar-refractivity contribution is 6.00. The number of fused-ring (bicyclic) bond motifs is 1. The molecule has 0 atom stereocenters. The number of rotatable bonds is 4. The predicted octanol–water partition coefficient (Wildman–Crippen LogP) is 3.99. The molecule has 3 aromatic carbocycles. The van der Waals surface area contributed by atoms with E-state index >= 15 is 0 Å². The van der Waals surface area contributed by atoms with E-state index in [0.717, 1.165) is 0 Å². The Labute approximate surface area is 186 Å². The molecule has 0 spiro atoms. The van der Waals surface area contributed by atoms with Gasteiger partial charge in [0.15, 0.2) is 5.69 Å². The molecule has 0 unspecified atom stereocenters. The highest BCUT2D eigenvalue weighted by Crippen LogP contribution is 2.36. The Morgan fingerprint density at radius 2 is 1.79 bits per heavy atom. The van der Waals surface area contributed by atoms with Gasteiger partial charge in [0.05, 0.1) is 5.69 Å². The fourth-order valence-corrected chi connectivity index (χ4v) is 3.47.